The number of carbonyl (C=O) groups excluding carboxylic acids is 3. The Morgan fingerprint density at radius 1 is 1.08 bits per heavy atom. The molecular weight excluding hydrogens is 484 g/mol. The summed E-state index contributed by atoms with van der Waals surface area (Å²) < 4.78 is 10.4. The molecule has 2 heterocycles. The number of hydrogen-bond acceptors (Lipinski definition) is 9. The third-order valence-corrected chi connectivity index (χ3v) is 6.65. The third kappa shape index (κ3) is 4.55. The highest BCUT2D eigenvalue weighted by atomic mass is 32.1. The number of phenols is 1. The van der Waals surface area contributed by atoms with Gasteiger partial charge in [0.15, 0.2) is 5.13 Å². The van der Waals surface area contributed by atoms with Crippen LogP contribution in [0.3, 0.4) is 0 Å². The van der Waals surface area contributed by atoms with Gasteiger partial charge in [0, 0.05) is 5.56 Å². The molecule has 0 spiro atoms. The predicted octanol–water partition coefficient (Wildman–Crippen LogP) is 4.36. The van der Waals surface area contributed by atoms with Crippen molar-refractivity contribution >= 4 is 39.9 Å². The van der Waals surface area contributed by atoms with Gasteiger partial charge in [-0.2, -0.15) is 0 Å². The number of aromatic hydroxyl groups is 1. The van der Waals surface area contributed by atoms with Crippen LogP contribution >= 0.6 is 11.3 Å². The molecule has 0 saturated carbocycles. The summed E-state index contributed by atoms with van der Waals surface area (Å²) in [6, 6.07) is 11.4. The number of aryl methyl sites for hydroxylation is 1. The van der Waals surface area contributed by atoms with Crippen molar-refractivity contribution in [3.05, 3.63) is 75.8 Å². The second-order valence-electron chi connectivity index (χ2n) is 8.35. The summed E-state index contributed by atoms with van der Waals surface area (Å²) in [5, 5.41) is 21.1. The number of esters is 1. The largest absolute Gasteiger partial charge is 0.508 e. The second kappa shape index (κ2) is 9.82. The van der Waals surface area contributed by atoms with E-state index in [2.05, 4.69) is 4.98 Å². The van der Waals surface area contributed by atoms with Crippen LogP contribution in [0.15, 0.2) is 54.1 Å². The van der Waals surface area contributed by atoms with Crippen molar-refractivity contribution in [1.82, 2.24) is 4.98 Å². The predicted molar refractivity (Wildman–Crippen MR) is 133 cm³/mol. The lowest BCUT2D eigenvalue weighted by Gasteiger charge is -2.23. The third-order valence-electron chi connectivity index (χ3n) is 5.51. The number of methoxy groups -OCH3 is 1. The Bertz CT molecular complexity index is 1360. The van der Waals surface area contributed by atoms with Gasteiger partial charge in [-0.1, -0.05) is 23.5 Å². The molecule has 1 aromatic heterocycles. The number of carbonyl (C=O) groups is 3. The van der Waals surface area contributed by atoms with Gasteiger partial charge in [0.2, 0.25) is 0 Å². The molecule has 186 valence electrons. The van der Waals surface area contributed by atoms with E-state index in [1.54, 1.807) is 43.3 Å². The van der Waals surface area contributed by atoms with Gasteiger partial charge in [0.05, 0.1) is 30.5 Å². The van der Waals surface area contributed by atoms with Crippen molar-refractivity contribution < 1.29 is 34.1 Å². The Hall–Kier alpha value is -4.18. The second-order valence-corrected chi connectivity index (χ2v) is 9.33. The number of ether oxygens (including phenoxy) is 2. The first kappa shape index (κ1) is 24.9. The monoisotopic (exact) mass is 508 g/mol. The Balaban J connectivity index is 1.87. The molecule has 1 aliphatic rings. The van der Waals surface area contributed by atoms with E-state index in [0.29, 0.717) is 22.6 Å². The first-order chi connectivity index (χ1) is 17.1. The fraction of sp³-hybridized carbons (Fsp3) is 0.231. The zero-order chi connectivity index (χ0) is 26.1. The first-order valence-corrected chi connectivity index (χ1v) is 11.9. The Kier molecular flexibility index (Phi) is 6.80. The molecule has 36 heavy (non-hydrogen) atoms. The van der Waals surface area contributed by atoms with Crippen LogP contribution in [0.25, 0.3) is 5.76 Å². The van der Waals surface area contributed by atoms with E-state index in [1.807, 2.05) is 13.8 Å². The number of Topliss-reactive ketones (excluding diaryl/α,β-unsaturated/α-hetero) is 1. The highest BCUT2D eigenvalue weighted by Crippen LogP contribution is 2.44. The summed E-state index contributed by atoms with van der Waals surface area (Å²) >= 11 is 0.911. The number of aliphatic hydroxyl groups excluding tert-OH is 1. The standard InChI is InChI=1S/C26H24N2O7S/c1-13(2)35-18-11-7-16(8-12-18)21(30)19-20(15-5-9-17(29)10-6-15)28(24(32)22(19)31)26-27-14(3)23(36-26)25(33)34-4/h5-13,20,29-30H,1-4H3/b21-19+/t20-/m0/s1. The van der Waals surface area contributed by atoms with E-state index < -0.39 is 23.7 Å². The Morgan fingerprint density at radius 3 is 2.31 bits per heavy atom. The summed E-state index contributed by atoms with van der Waals surface area (Å²) in [4.78, 5) is 44.3. The maximum Gasteiger partial charge on any atom is 0.350 e. The molecule has 0 bridgehead atoms. The molecule has 0 aliphatic carbocycles. The number of benzene rings is 2. The number of thiazole rings is 1. The van der Waals surface area contributed by atoms with E-state index in [4.69, 9.17) is 9.47 Å². The van der Waals surface area contributed by atoms with Crippen LogP contribution in [0, 0.1) is 6.92 Å². The molecule has 2 aromatic carbocycles. The van der Waals surface area contributed by atoms with E-state index >= 15 is 0 Å². The van der Waals surface area contributed by atoms with Gasteiger partial charge in [-0.15, -0.1) is 0 Å². The van der Waals surface area contributed by atoms with Crippen LogP contribution in [-0.2, 0) is 14.3 Å². The van der Waals surface area contributed by atoms with Crippen molar-refractivity contribution in [2.24, 2.45) is 0 Å². The molecule has 1 aliphatic heterocycles. The molecular formula is C26H24N2O7S. The molecule has 0 radical (unpaired) electrons. The number of amides is 1. The molecule has 1 fully saturated rings. The normalized spacial score (nSPS) is 17.0. The van der Waals surface area contributed by atoms with Gasteiger partial charge in [-0.3, -0.25) is 14.5 Å². The number of hydrogen-bond donors (Lipinski definition) is 2. The van der Waals surface area contributed by atoms with Crippen molar-refractivity contribution in [1.29, 1.82) is 0 Å². The summed E-state index contributed by atoms with van der Waals surface area (Å²) in [5.41, 5.74) is 0.976. The average Bonchev–Trinajstić information content (AvgIpc) is 3.35. The molecule has 10 heteroatoms. The van der Waals surface area contributed by atoms with E-state index in [-0.39, 0.29) is 33.2 Å². The molecule has 4 rings (SSSR count). The minimum absolute atomic E-state index is 0.00508. The highest BCUT2D eigenvalue weighted by molar-refractivity contribution is 7.17. The first-order valence-electron chi connectivity index (χ1n) is 11.0. The molecule has 3 aromatic rings. The number of rotatable bonds is 6. The van der Waals surface area contributed by atoms with Gasteiger partial charge in [0.25, 0.3) is 5.78 Å². The number of anilines is 1. The lowest BCUT2D eigenvalue weighted by molar-refractivity contribution is -0.132. The zero-order valence-corrected chi connectivity index (χ0v) is 20.8. The number of aliphatic hydroxyl groups is 1. The van der Waals surface area contributed by atoms with E-state index in [0.717, 1.165) is 16.2 Å². The minimum Gasteiger partial charge on any atom is -0.508 e. The van der Waals surface area contributed by atoms with Crippen LogP contribution in [0.5, 0.6) is 11.5 Å². The van der Waals surface area contributed by atoms with Gasteiger partial charge >= 0.3 is 11.9 Å². The SMILES string of the molecule is COC(=O)c1sc(N2C(=O)C(=O)/C(=C(/O)c3ccc(OC(C)C)cc3)[C@@H]2c2ccc(O)cc2)nc1C. The highest BCUT2D eigenvalue weighted by Gasteiger charge is 2.48. The zero-order valence-electron chi connectivity index (χ0n) is 20.0. The van der Waals surface area contributed by atoms with Gasteiger partial charge in [-0.05, 0) is 62.7 Å². The van der Waals surface area contributed by atoms with E-state index in [1.165, 1.54) is 19.2 Å². The molecule has 1 atom stereocenters. The maximum absolute atomic E-state index is 13.3. The quantitative estimate of drug-likeness (QED) is 0.218. The van der Waals surface area contributed by atoms with Crippen molar-refractivity contribution in [3.63, 3.8) is 0 Å². The number of ketones is 1. The Morgan fingerprint density at radius 2 is 1.72 bits per heavy atom. The summed E-state index contributed by atoms with van der Waals surface area (Å²) in [7, 11) is 1.24. The van der Waals surface area contributed by atoms with Crippen molar-refractivity contribution in [2.45, 2.75) is 32.9 Å². The lowest BCUT2D eigenvalue weighted by Crippen LogP contribution is -2.29. The fourth-order valence-corrected chi connectivity index (χ4v) is 4.90. The number of aromatic nitrogens is 1. The molecule has 0 unspecified atom stereocenters. The van der Waals surface area contributed by atoms with E-state index in [9.17, 15) is 24.6 Å². The summed E-state index contributed by atoms with van der Waals surface area (Å²) in [6.45, 7) is 5.37. The molecule has 1 saturated heterocycles. The van der Waals surface area contributed by atoms with Crippen LogP contribution < -0.4 is 9.64 Å². The van der Waals surface area contributed by atoms with Gasteiger partial charge < -0.3 is 19.7 Å². The van der Waals surface area contributed by atoms with Gasteiger partial charge in [-0.25, -0.2) is 9.78 Å². The summed E-state index contributed by atoms with van der Waals surface area (Å²) in [5.74, 6) is -2.20. The molecule has 1 amide bonds. The summed E-state index contributed by atoms with van der Waals surface area (Å²) in [6.07, 6.45) is -0.0408. The minimum atomic E-state index is -1.05. The molecule has 2 N–H and O–H groups in total. The van der Waals surface area contributed by atoms with Crippen molar-refractivity contribution in [2.75, 3.05) is 12.0 Å². The van der Waals surface area contributed by atoms with Crippen LogP contribution in [0.2, 0.25) is 0 Å². The topological polar surface area (TPSA) is 126 Å². The fourth-order valence-electron chi connectivity index (χ4n) is 3.89. The van der Waals surface area contributed by atoms with Gasteiger partial charge in [0.1, 0.15) is 22.1 Å². The number of nitrogens with zero attached hydrogens (tertiary/aromatic N) is 2. The van der Waals surface area contributed by atoms with Crippen LogP contribution in [0.4, 0.5) is 5.13 Å². The number of phenolic OH excluding ortho intramolecular Hbond substituents is 1. The maximum atomic E-state index is 13.3. The molecule has 9 nitrogen and oxygen atoms in total. The van der Waals surface area contributed by atoms with Crippen molar-refractivity contribution in [3.8, 4) is 11.5 Å². The lowest BCUT2D eigenvalue weighted by atomic mass is 9.95. The van der Waals surface area contributed by atoms with Crippen LogP contribution in [0.1, 0.15) is 46.4 Å². The average molecular weight is 509 g/mol. The Labute approximate surface area is 211 Å². The van der Waals surface area contributed by atoms with Crippen LogP contribution in [-0.4, -0.2) is 46.1 Å². The smallest absolute Gasteiger partial charge is 0.350 e.